The second-order valence-electron chi connectivity index (χ2n) is 6.73. The highest BCUT2D eigenvalue weighted by atomic mass is 16.8. The molecule has 1 aliphatic carbocycles. The van der Waals surface area contributed by atoms with Gasteiger partial charge in [0, 0.05) is 24.1 Å². The van der Waals surface area contributed by atoms with Gasteiger partial charge in [0.05, 0.1) is 17.8 Å². The quantitative estimate of drug-likeness (QED) is 0.916. The minimum Gasteiger partial charge on any atom is -0.396 e. The lowest BCUT2D eigenvalue weighted by Crippen LogP contribution is -2.27. The summed E-state index contributed by atoms with van der Waals surface area (Å²) in [6, 6.07) is 2.17. The molecule has 1 saturated heterocycles. The third kappa shape index (κ3) is 1.98. The van der Waals surface area contributed by atoms with E-state index in [9.17, 15) is 5.11 Å². The van der Waals surface area contributed by atoms with Gasteiger partial charge in [-0.2, -0.15) is 0 Å². The standard InChI is InChI=1S/C16H21N3O3/c1-9-11-4-5-19(15(11)18-8-17-9)12-6-10(7-20)13-14(12)22-16(2,3)21-13/h4-5,8,10,12-14,20H,6-7H2,1-3H3/t10-,12?,13-,14+/m1/s1. The lowest BCUT2D eigenvalue weighted by Gasteiger charge is -2.24. The Hall–Kier alpha value is -1.50. The van der Waals surface area contributed by atoms with Crippen molar-refractivity contribution in [3.05, 3.63) is 24.3 Å². The molecule has 2 aromatic rings. The zero-order valence-electron chi connectivity index (χ0n) is 13.1. The van der Waals surface area contributed by atoms with Crippen LogP contribution in [0, 0.1) is 12.8 Å². The van der Waals surface area contributed by atoms with Crippen LogP contribution in [-0.2, 0) is 9.47 Å². The number of aliphatic hydroxyl groups excluding tert-OH is 1. The fraction of sp³-hybridized carbons (Fsp3) is 0.625. The van der Waals surface area contributed by atoms with Gasteiger partial charge in [-0.25, -0.2) is 9.97 Å². The normalized spacial score (nSPS) is 33.5. The first-order chi connectivity index (χ1) is 10.5. The third-order valence-electron chi connectivity index (χ3n) is 4.85. The minimum atomic E-state index is -0.602. The fourth-order valence-corrected chi connectivity index (χ4v) is 3.87. The summed E-state index contributed by atoms with van der Waals surface area (Å²) in [5.41, 5.74) is 1.89. The highest BCUT2D eigenvalue weighted by Gasteiger charge is 2.54. The van der Waals surface area contributed by atoms with Crippen LogP contribution in [0.1, 0.15) is 32.0 Å². The van der Waals surface area contributed by atoms with Crippen LogP contribution in [0.4, 0.5) is 0 Å². The molecule has 2 fully saturated rings. The van der Waals surface area contributed by atoms with E-state index in [0.29, 0.717) is 0 Å². The Bertz CT molecular complexity index is 712. The maximum atomic E-state index is 9.69. The van der Waals surface area contributed by atoms with Crippen molar-refractivity contribution in [3.63, 3.8) is 0 Å². The highest BCUT2D eigenvalue weighted by Crippen LogP contribution is 2.47. The summed E-state index contributed by atoms with van der Waals surface area (Å²) < 4.78 is 14.3. The van der Waals surface area contributed by atoms with Crippen LogP contribution >= 0.6 is 0 Å². The smallest absolute Gasteiger partial charge is 0.163 e. The fourth-order valence-electron chi connectivity index (χ4n) is 3.87. The monoisotopic (exact) mass is 303 g/mol. The van der Waals surface area contributed by atoms with E-state index in [1.54, 1.807) is 6.33 Å². The predicted octanol–water partition coefficient (Wildman–Crippen LogP) is 1.81. The maximum absolute atomic E-state index is 9.69. The molecular formula is C16H21N3O3. The molecule has 0 amide bonds. The molecule has 2 aromatic heterocycles. The Labute approximate surface area is 129 Å². The molecule has 0 spiro atoms. The molecule has 6 heteroatoms. The third-order valence-corrected chi connectivity index (χ3v) is 4.85. The maximum Gasteiger partial charge on any atom is 0.163 e. The van der Waals surface area contributed by atoms with Gasteiger partial charge in [0.15, 0.2) is 5.79 Å². The van der Waals surface area contributed by atoms with E-state index in [0.717, 1.165) is 23.1 Å². The molecule has 1 N–H and O–H groups in total. The summed E-state index contributed by atoms with van der Waals surface area (Å²) in [6.07, 6.45) is 4.35. The lowest BCUT2D eigenvalue weighted by molar-refractivity contribution is -0.161. The zero-order valence-corrected chi connectivity index (χ0v) is 13.1. The van der Waals surface area contributed by atoms with E-state index in [4.69, 9.17) is 9.47 Å². The van der Waals surface area contributed by atoms with Crippen molar-refractivity contribution in [1.82, 2.24) is 14.5 Å². The number of hydrogen-bond acceptors (Lipinski definition) is 5. The number of hydrogen-bond donors (Lipinski definition) is 1. The molecule has 4 atom stereocenters. The number of nitrogens with zero attached hydrogens (tertiary/aromatic N) is 3. The molecule has 2 aliphatic rings. The van der Waals surface area contributed by atoms with Gasteiger partial charge in [-0.3, -0.25) is 0 Å². The molecular weight excluding hydrogens is 282 g/mol. The van der Waals surface area contributed by atoms with Gasteiger partial charge < -0.3 is 19.1 Å². The van der Waals surface area contributed by atoms with Crippen LogP contribution in [0.3, 0.4) is 0 Å². The molecule has 3 heterocycles. The first kappa shape index (κ1) is 14.1. The second kappa shape index (κ2) is 4.75. The van der Waals surface area contributed by atoms with Crippen molar-refractivity contribution >= 4 is 11.0 Å². The number of ether oxygens (including phenoxy) is 2. The van der Waals surface area contributed by atoms with E-state index >= 15 is 0 Å². The zero-order chi connectivity index (χ0) is 15.5. The lowest BCUT2D eigenvalue weighted by atomic mass is 10.1. The molecule has 1 saturated carbocycles. The van der Waals surface area contributed by atoms with Crippen LogP contribution < -0.4 is 0 Å². The summed E-state index contributed by atoms with van der Waals surface area (Å²) in [4.78, 5) is 8.69. The van der Waals surface area contributed by atoms with Crippen molar-refractivity contribution in [3.8, 4) is 0 Å². The van der Waals surface area contributed by atoms with Crippen LogP contribution in [-0.4, -0.2) is 44.2 Å². The van der Waals surface area contributed by atoms with Crippen LogP contribution in [0.25, 0.3) is 11.0 Å². The molecule has 4 rings (SSSR count). The average molecular weight is 303 g/mol. The van der Waals surface area contributed by atoms with Crippen LogP contribution in [0.5, 0.6) is 0 Å². The van der Waals surface area contributed by atoms with E-state index in [1.165, 1.54) is 0 Å². The molecule has 118 valence electrons. The summed E-state index contributed by atoms with van der Waals surface area (Å²) in [7, 11) is 0. The molecule has 0 aromatic carbocycles. The Morgan fingerprint density at radius 1 is 1.32 bits per heavy atom. The SMILES string of the molecule is Cc1ncnc2c1ccn2C1C[C@H](CO)[C@H]2OC(C)(C)O[C@@H]12. The van der Waals surface area contributed by atoms with Crippen molar-refractivity contribution in [1.29, 1.82) is 0 Å². The van der Waals surface area contributed by atoms with Gasteiger partial charge in [-0.1, -0.05) is 0 Å². The Kier molecular flexibility index (Phi) is 3.04. The van der Waals surface area contributed by atoms with Crippen molar-refractivity contribution < 1.29 is 14.6 Å². The second-order valence-corrected chi connectivity index (χ2v) is 6.73. The highest BCUT2D eigenvalue weighted by molar-refractivity contribution is 5.78. The molecule has 1 unspecified atom stereocenters. The van der Waals surface area contributed by atoms with Gasteiger partial charge in [0.2, 0.25) is 0 Å². The molecule has 1 aliphatic heterocycles. The summed E-state index contributed by atoms with van der Waals surface area (Å²) in [6.45, 7) is 5.96. The van der Waals surface area contributed by atoms with Crippen molar-refractivity contribution in [2.24, 2.45) is 5.92 Å². The number of aryl methyl sites for hydroxylation is 1. The molecule has 0 bridgehead atoms. The van der Waals surface area contributed by atoms with Crippen molar-refractivity contribution in [2.45, 2.75) is 51.2 Å². The Balaban J connectivity index is 1.77. The molecule has 22 heavy (non-hydrogen) atoms. The Morgan fingerprint density at radius 2 is 2.09 bits per heavy atom. The van der Waals surface area contributed by atoms with E-state index in [2.05, 4.69) is 14.5 Å². The van der Waals surface area contributed by atoms with E-state index in [-0.39, 0.29) is 30.8 Å². The average Bonchev–Trinajstić information content (AvgIpc) is 3.10. The largest absolute Gasteiger partial charge is 0.396 e. The van der Waals surface area contributed by atoms with Gasteiger partial charge in [-0.05, 0) is 33.3 Å². The first-order valence-corrected chi connectivity index (χ1v) is 7.75. The number of aromatic nitrogens is 3. The number of fused-ring (bicyclic) bond motifs is 2. The Morgan fingerprint density at radius 3 is 2.86 bits per heavy atom. The molecule has 0 radical (unpaired) electrons. The van der Waals surface area contributed by atoms with Gasteiger partial charge in [0.1, 0.15) is 18.1 Å². The van der Waals surface area contributed by atoms with E-state index < -0.39 is 5.79 Å². The minimum absolute atomic E-state index is 0.0574. The summed E-state index contributed by atoms with van der Waals surface area (Å²) in [5, 5.41) is 10.7. The molecule has 6 nitrogen and oxygen atoms in total. The van der Waals surface area contributed by atoms with Gasteiger partial charge >= 0.3 is 0 Å². The van der Waals surface area contributed by atoms with Crippen molar-refractivity contribution in [2.75, 3.05) is 6.61 Å². The summed E-state index contributed by atoms with van der Waals surface area (Å²) >= 11 is 0. The summed E-state index contributed by atoms with van der Waals surface area (Å²) in [5.74, 6) is -0.507. The topological polar surface area (TPSA) is 69.4 Å². The van der Waals surface area contributed by atoms with Gasteiger partial charge in [-0.15, -0.1) is 0 Å². The predicted molar refractivity (Wildman–Crippen MR) is 80.3 cm³/mol. The first-order valence-electron chi connectivity index (χ1n) is 7.75. The van der Waals surface area contributed by atoms with E-state index in [1.807, 2.05) is 33.0 Å². The number of aliphatic hydroxyl groups is 1. The van der Waals surface area contributed by atoms with Crippen LogP contribution in [0.15, 0.2) is 18.6 Å². The van der Waals surface area contributed by atoms with Crippen LogP contribution in [0.2, 0.25) is 0 Å². The van der Waals surface area contributed by atoms with Gasteiger partial charge in [0.25, 0.3) is 0 Å². The number of rotatable bonds is 2.